The summed E-state index contributed by atoms with van der Waals surface area (Å²) < 4.78 is 25.3. The first-order valence-corrected chi connectivity index (χ1v) is 8.94. The molecule has 1 aromatic carbocycles. The molecule has 22 heavy (non-hydrogen) atoms. The van der Waals surface area contributed by atoms with Crippen LogP contribution in [0.25, 0.3) is 17.0 Å². The summed E-state index contributed by atoms with van der Waals surface area (Å²) in [4.78, 5) is 5.66. The lowest BCUT2D eigenvalue weighted by molar-refractivity contribution is 0.412. The Bertz CT molecular complexity index is 808. The average Bonchev–Trinajstić information content (AvgIpc) is 3.10. The number of likely N-dealkylation sites (N-methyl/N-ethyl adjacent to an activating group) is 1. The summed E-state index contributed by atoms with van der Waals surface area (Å²) in [5, 5.41) is 2.38. The van der Waals surface area contributed by atoms with E-state index in [1.165, 1.54) is 23.4 Å². The minimum absolute atomic E-state index is 0.541. The molecule has 3 rings (SSSR count). The van der Waals surface area contributed by atoms with Crippen molar-refractivity contribution >= 4 is 27.0 Å². The molecule has 1 atom stereocenters. The van der Waals surface area contributed by atoms with Crippen LogP contribution >= 0.6 is 0 Å². The fraction of sp³-hybridized carbons (Fsp3) is 0.375. The average molecular weight is 319 g/mol. The second-order valence-electron chi connectivity index (χ2n) is 5.85. The van der Waals surface area contributed by atoms with Crippen LogP contribution in [0, 0.1) is 0 Å². The lowest BCUT2D eigenvalue weighted by atomic mass is 9.97. The highest BCUT2D eigenvalue weighted by Crippen LogP contribution is 2.32. The highest BCUT2D eigenvalue weighted by molar-refractivity contribution is 7.92. The first-order valence-electron chi connectivity index (χ1n) is 7.40. The Labute approximate surface area is 131 Å². The maximum atomic E-state index is 11.5. The predicted octanol–water partition coefficient (Wildman–Crippen LogP) is 2.11. The van der Waals surface area contributed by atoms with Crippen molar-refractivity contribution < 1.29 is 8.42 Å². The van der Waals surface area contributed by atoms with E-state index >= 15 is 0 Å². The van der Waals surface area contributed by atoms with Gasteiger partial charge in [-0.2, -0.15) is 0 Å². The van der Waals surface area contributed by atoms with E-state index in [4.69, 9.17) is 0 Å². The lowest BCUT2D eigenvalue weighted by Gasteiger charge is -2.09. The quantitative estimate of drug-likeness (QED) is 0.907. The number of aromatic nitrogens is 1. The number of aromatic amines is 1. The minimum atomic E-state index is -3.34. The Balaban J connectivity index is 1.95. The molecular formula is C16H21N3O2S. The van der Waals surface area contributed by atoms with Gasteiger partial charge in [-0.05, 0) is 62.3 Å². The van der Waals surface area contributed by atoms with Gasteiger partial charge in [0, 0.05) is 29.1 Å². The zero-order valence-electron chi connectivity index (χ0n) is 12.8. The Hall–Kier alpha value is -1.63. The van der Waals surface area contributed by atoms with E-state index in [1.54, 1.807) is 6.08 Å². The number of sulfonamides is 1. The molecule has 0 radical (unpaired) electrons. The summed E-state index contributed by atoms with van der Waals surface area (Å²) >= 11 is 0. The van der Waals surface area contributed by atoms with E-state index in [9.17, 15) is 8.42 Å². The van der Waals surface area contributed by atoms with Crippen molar-refractivity contribution in [3.8, 4) is 0 Å². The second kappa shape index (κ2) is 5.87. The largest absolute Gasteiger partial charge is 0.361 e. The minimum Gasteiger partial charge on any atom is -0.361 e. The van der Waals surface area contributed by atoms with Gasteiger partial charge in [0.15, 0.2) is 0 Å². The normalized spacial score (nSPS) is 20.4. The van der Waals surface area contributed by atoms with Crippen LogP contribution in [0.3, 0.4) is 0 Å². The Morgan fingerprint density at radius 1 is 1.41 bits per heavy atom. The molecule has 118 valence electrons. The van der Waals surface area contributed by atoms with E-state index in [1.807, 2.05) is 12.1 Å². The molecule has 2 heterocycles. The molecule has 6 heteroatoms. The lowest BCUT2D eigenvalue weighted by Crippen LogP contribution is -2.14. The fourth-order valence-corrected chi connectivity index (χ4v) is 3.50. The van der Waals surface area contributed by atoms with Gasteiger partial charge in [0.1, 0.15) is 0 Å². The molecular weight excluding hydrogens is 298 g/mol. The van der Waals surface area contributed by atoms with Crippen molar-refractivity contribution in [1.29, 1.82) is 0 Å². The number of hydrogen-bond acceptors (Lipinski definition) is 3. The SMILES string of the molecule is CNS(=O)(=O)/C=C/c1ccc2[nH]cc(C3CCN(C)C3)c2c1. The van der Waals surface area contributed by atoms with Crippen molar-refractivity contribution in [3.63, 3.8) is 0 Å². The molecule has 1 aliphatic heterocycles. The highest BCUT2D eigenvalue weighted by atomic mass is 32.2. The first-order chi connectivity index (χ1) is 10.5. The third kappa shape index (κ3) is 3.09. The number of nitrogens with zero attached hydrogens (tertiary/aromatic N) is 1. The predicted molar refractivity (Wildman–Crippen MR) is 90.2 cm³/mol. The zero-order chi connectivity index (χ0) is 15.7. The maximum absolute atomic E-state index is 11.5. The van der Waals surface area contributed by atoms with Gasteiger partial charge < -0.3 is 9.88 Å². The molecule has 1 aliphatic rings. The van der Waals surface area contributed by atoms with Crippen LogP contribution in [0.5, 0.6) is 0 Å². The third-order valence-corrected chi connectivity index (χ3v) is 5.36. The van der Waals surface area contributed by atoms with Gasteiger partial charge in [-0.25, -0.2) is 13.1 Å². The summed E-state index contributed by atoms with van der Waals surface area (Å²) in [5.74, 6) is 0.541. The smallest absolute Gasteiger partial charge is 0.233 e. The summed E-state index contributed by atoms with van der Waals surface area (Å²) in [6, 6.07) is 5.98. The highest BCUT2D eigenvalue weighted by Gasteiger charge is 2.23. The van der Waals surface area contributed by atoms with Crippen LogP contribution in [0.4, 0.5) is 0 Å². The number of hydrogen-bond donors (Lipinski definition) is 2. The fourth-order valence-electron chi connectivity index (χ4n) is 3.03. The van der Waals surface area contributed by atoms with Gasteiger partial charge in [-0.1, -0.05) is 6.07 Å². The van der Waals surface area contributed by atoms with Gasteiger partial charge in [-0.15, -0.1) is 0 Å². The molecule has 0 bridgehead atoms. The molecule has 0 aliphatic carbocycles. The summed E-state index contributed by atoms with van der Waals surface area (Å²) in [6.07, 6.45) is 4.88. The molecule has 2 aromatic rings. The maximum Gasteiger partial charge on any atom is 0.233 e. The number of rotatable bonds is 4. The van der Waals surface area contributed by atoms with Crippen molar-refractivity contribution in [2.24, 2.45) is 0 Å². The van der Waals surface area contributed by atoms with Crippen molar-refractivity contribution in [3.05, 3.63) is 40.9 Å². The van der Waals surface area contributed by atoms with Gasteiger partial charge in [-0.3, -0.25) is 0 Å². The van der Waals surface area contributed by atoms with E-state index in [2.05, 4.69) is 33.9 Å². The molecule has 1 saturated heterocycles. The molecule has 2 N–H and O–H groups in total. The van der Waals surface area contributed by atoms with Crippen LogP contribution in [0.1, 0.15) is 23.5 Å². The first kappa shape index (κ1) is 15.3. The van der Waals surface area contributed by atoms with Crippen molar-refractivity contribution in [1.82, 2.24) is 14.6 Å². The summed E-state index contributed by atoms with van der Waals surface area (Å²) in [5.41, 5.74) is 3.31. The van der Waals surface area contributed by atoms with Crippen LogP contribution in [0.2, 0.25) is 0 Å². The van der Waals surface area contributed by atoms with E-state index in [0.29, 0.717) is 5.92 Å². The molecule has 1 aromatic heterocycles. The van der Waals surface area contributed by atoms with Gasteiger partial charge in [0.25, 0.3) is 0 Å². The Morgan fingerprint density at radius 2 is 2.23 bits per heavy atom. The Kier molecular flexibility index (Phi) is 4.08. The summed E-state index contributed by atoms with van der Waals surface area (Å²) in [7, 11) is 0.215. The topological polar surface area (TPSA) is 65.2 Å². The number of nitrogens with one attached hydrogen (secondary N) is 2. The third-order valence-electron chi connectivity index (χ3n) is 4.29. The van der Waals surface area contributed by atoms with Crippen LogP contribution in [0.15, 0.2) is 29.8 Å². The van der Waals surface area contributed by atoms with Crippen molar-refractivity contribution in [2.45, 2.75) is 12.3 Å². The molecule has 0 saturated carbocycles. The number of likely N-dealkylation sites (tertiary alicyclic amines) is 1. The molecule has 0 amide bonds. The van der Waals surface area contributed by atoms with Crippen LogP contribution < -0.4 is 4.72 Å². The molecule has 5 nitrogen and oxygen atoms in total. The van der Waals surface area contributed by atoms with Crippen LogP contribution in [-0.2, 0) is 10.0 Å². The van der Waals surface area contributed by atoms with E-state index < -0.39 is 10.0 Å². The monoisotopic (exact) mass is 319 g/mol. The number of benzene rings is 1. The number of fused-ring (bicyclic) bond motifs is 1. The van der Waals surface area contributed by atoms with E-state index in [0.717, 1.165) is 30.6 Å². The van der Waals surface area contributed by atoms with E-state index in [-0.39, 0.29) is 0 Å². The number of H-pyrrole nitrogens is 1. The van der Waals surface area contributed by atoms with Gasteiger partial charge in [0.05, 0.1) is 0 Å². The van der Waals surface area contributed by atoms with Gasteiger partial charge in [0.2, 0.25) is 10.0 Å². The standard InChI is InChI=1S/C16H21N3O2S/c1-17-22(20,21)8-6-12-3-4-16-14(9-12)15(10-18-16)13-5-7-19(2)11-13/h3-4,6,8-10,13,17-18H,5,7,11H2,1-2H3/b8-6+. The molecule has 1 unspecified atom stereocenters. The van der Waals surface area contributed by atoms with Gasteiger partial charge >= 0.3 is 0 Å². The summed E-state index contributed by atoms with van der Waals surface area (Å²) in [6.45, 7) is 2.19. The Morgan fingerprint density at radius 3 is 2.91 bits per heavy atom. The van der Waals surface area contributed by atoms with Crippen molar-refractivity contribution in [2.75, 3.05) is 27.2 Å². The molecule has 1 fully saturated rings. The second-order valence-corrected chi connectivity index (χ2v) is 7.62. The zero-order valence-corrected chi connectivity index (χ0v) is 13.7. The molecule has 0 spiro atoms. The van der Waals surface area contributed by atoms with Crippen LogP contribution in [-0.4, -0.2) is 45.5 Å².